The van der Waals surface area contributed by atoms with Gasteiger partial charge in [0.1, 0.15) is 22.1 Å². The molecular weight excluding hydrogens is 582 g/mol. The fourth-order valence-corrected chi connectivity index (χ4v) is 5.87. The minimum Gasteiger partial charge on any atom is -0.360 e. The van der Waals surface area contributed by atoms with E-state index in [4.69, 9.17) is 23.2 Å². The SMILES string of the molecule is C[C@H](NC(=O)[C@H]1C[C@H](Cc2cc(Cl)c(Cl)s2)CN1OC(=O)C(F)(F)F)C(=O)NCc1cnc2c(ccn2C)c1. The molecule has 210 valence electrons. The standard InChI is InChI=1S/C24H24Cl2F3N5O4S/c1-12(21(35)31-10-14-5-15-3-4-33(2)20(15)30-9-14)32-22(36)18-7-13(6-16-8-17(25)19(26)39-16)11-34(18)38-23(37)24(27,28)29/h3-5,8-9,12-13,18H,6-7,10-11H2,1-2H3,(H,31,35)(H,32,36)/t12-,13-,18+/m0/s1. The summed E-state index contributed by atoms with van der Waals surface area (Å²) in [4.78, 5) is 46.8. The van der Waals surface area contributed by atoms with Crippen LogP contribution in [0.4, 0.5) is 13.2 Å². The van der Waals surface area contributed by atoms with Crippen molar-refractivity contribution >= 4 is 63.4 Å². The second-order valence-electron chi connectivity index (χ2n) is 9.26. The number of rotatable bonds is 8. The number of pyridine rings is 1. The summed E-state index contributed by atoms with van der Waals surface area (Å²) in [5.41, 5.74) is 1.54. The quantitative estimate of drug-likeness (QED) is 0.402. The number of alkyl halides is 3. The Bertz CT molecular complexity index is 1380. The highest BCUT2D eigenvalue weighted by atomic mass is 35.5. The summed E-state index contributed by atoms with van der Waals surface area (Å²) >= 11 is 13.2. The maximum Gasteiger partial charge on any atom is 0.492 e. The van der Waals surface area contributed by atoms with Crippen LogP contribution in [0.1, 0.15) is 23.8 Å². The number of hydrogen-bond acceptors (Lipinski definition) is 7. The molecule has 4 rings (SSSR count). The smallest absolute Gasteiger partial charge is 0.360 e. The molecule has 2 amide bonds. The molecule has 39 heavy (non-hydrogen) atoms. The topological polar surface area (TPSA) is 106 Å². The number of carbonyl (C=O) groups is 3. The molecule has 0 saturated carbocycles. The van der Waals surface area contributed by atoms with Crippen LogP contribution in [0, 0.1) is 5.92 Å². The summed E-state index contributed by atoms with van der Waals surface area (Å²) < 4.78 is 40.8. The lowest BCUT2D eigenvalue weighted by atomic mass is 10.0. The molecule has 0 spiro atoms. The predicted octanol–water partition coefficient (Wildman–Crippen LogP) is 4.02. The van der Waals surface area contributed by atoms with Gasteiger partial charge in [0.05, 0.1) is 5.02 Å². The van der Waals surface area contributed by atoms with Gasteiger partial charge in [0.2, 0.25) is 11.8 Å². The Morgan fingerprint density at radius 3 is 2.69 bits per heavy atom. The maximum absolute atomic E-state index is 13.0. The highest BCUT2D eigenvalue weighted by molar-refractivity contribution is 7.16. The Kier molecular flexibility index (Phi) is 8.74. The first-order valence-corrected chi connectivity index (χ1v) is 13.4. The molecule has 0 aromatic carbocycles. The molecule has 3 atom stereocenters. The van der Waals surface area contributed by atoms with Crippen molar-refractivity contribution in [1.29, 1.82) is 0 Å². The summed E-state index contributed by atoms with van der Waals surface area (Å²) in [5, 5.41) is 7.19. The molecule has 0 radical (unpaired) electrons. The summed E-state index contributed by atoms with van der Waals surface area (Å²) in [5.74, 6) is -4.02. The number of aromatic nitrogens is 2. The van der Waals surface area contributed by atoms with Gasteiger partial charge in [-0.2, -0.15) is 13.2 Å². The van der Waals surface area contributed by atoms with Crippen molar-refractivity contribution in [2.75, 3.05) is 6.54 Å². The van der Waals surface area contributed by atoms with E-state index in [1.54, 1.807) is 12.3 Å². The van der Waals surface area contributed by atoms with Crippen molar-refractivity contribution in [3.8, 4) is 0 Å². The summed E-state index contributed by atoms with van der Waals surface area (Å²) in [7, 11) is 1.87. The zero-order valence-electron chi connectivity index (χ0n) is 20.7. The number of nitrogens with zero attached hydrogens (tertiary/aromatic N) is 3. The van der Waals surface area contributed by atoms with E-state index in [1.807, 2.05) is 29.9 Å². The summed E-state index contributed by atoms with van der Waals surface area (Å²) in [6.45, 7) is 1.48. The van der Waals surface area contributed by atoms with Crippen molar-refractivity contribution in [2.24, 2.45) is 13.0 Å². The number of amides is 2. The first-order chi connectivity index (χ1) is 18.3. The van der Waals surface area contributed by atoms with Crippen LogP contribution < -0.4 is 10.6 Å². The van der Waals surface area contributed by atoms with E-state index in [9.17, 15) is 27.6 Å². The second-order valence-corrected chi connectivity index (χ2v) is 11.4. The number of halogens is 5. The van der Waals surface area contributed by atoms with Crippen LogP contribution in [0.3, 0.4) is 0 Å². The Morgan fingerprint density at radius 1 is 1.28 bits per heavy atom. The predicted molar refractivity (Wildman–Crippen MR) is 139 cm³/mol. The van der Waals surface area contributed by atoms with Gasteiger partial charge in [-0.15, -0.1) is 16.4 Å². The van der Waals surface area contributed by atoms with E-state index >= 15 is 0 Å². The highest BCUT2D eigenvalue weighted by Crippen LogP contribution is 2.36. The van der Waals surface area contributed by atoms with Crippen LogP contribution in [-0.2, 0) is 39.2 Å². The minimum atomic E-state index is -5.24. The van der Waals surface area contributed by atoms with Gasteiger partial charge >= 0.3 is 12.1 Å². The van der Waals surface area contributed by atoms with E-state index in [2.05, 4.69) is 20.5 Å². The highest BCUT2D eigenvalue weighted by Gasteiger charge is 2.47. The summed E-state index contributed by atoms with van der Waals surface area (Å²) in [6, 6.07) is 3.17. The lowest BCUT2D eigenvalue weighted by Gasteiger charge is -2.24. The van der Waals surface area contributed by atoms with Gasteiger partial charge in [-0.1, -0.05) is 23.2 Å². The number of nitrogens with one attached hydrogen (secondary N) is 2. The lowest BCUT2D eigenvalue weighted by molar-refractivity contribution is -0.240. The molecule has 1 aliphatic heterocycles. The van der Waals surface area contributed by atoms with Crippen LogP contribution in [0.25, 0.3) is 11.0 Å². The number of hydrogen-bond donors (Lipinski definition) is 2. The van der Waals surface area contributed by atoms with Crippen molar-refractivity contribution in [3.05, 3.63) is 50.4 Å². The minimum absolute atomic E-state index is 0.0845. The number of carbonyl (C=O) groups excluding carboxylic acids is 3. The molecule has 3 aromatic heterocycles. The van der Waals surface area contributed by atoms with Gasteiger partial charge in [-0.3, -0.25) is 9.59 Å². The van der Waals surface area contributed by atoms with Gasteiger partial charge in [-0.05, 0) is 49.4 Å². The number of fused-ring (bicyclic) bond motifs is 1. The van der Waals surface area contributed by atoms with Gasteiger partial charge in [-0.25, -0.2) is 9.78 Å². The van der Waals surface area contributed by atoms with Crippen LogP contribution >= 0.6 is 34.5 Å². The van der Waals surface area contributed by atoms with Gasteiger partial charge < -0.3 is 20.0 Å². The number of thiophene rings is 1. The molecule has 15 heteroatoms. The average Bonchev–Trinajstić information content (AvgIpc) is 3.53. The van der Waals surface area contributed by atoms with E-state index in [-0.39, 0.29) is 25.4 Å². The fourth-order valence-electron chi connectivity index (χ4n) is 4.33. The van der Waals surface area contributed by atoms with Gasteiger partial charge in [0, 0.05) is 42.8 Å². The molecule has 3 aromatic rings. The first-order valence-electron chi connectivity index (χ1n) is 11.8. The third-order valence-electron chi connectivity index (χ3n) is 6.25. The molecule has 0 unspecified atom stereocenters. The Morgan fingerprint density at radius 2 is 2.03 bits per heavy atom. The van der Waals surface area contributed by atoms with Crippen molar-refractivity contribution in [2.45, 2.75) is 44.6 Å². The second kappa shape index (κ2) is 11.7. The lowest BCUT2D eigenvalue weighted by Crippen LogP contribution is -2.51. The molecule has 2 N–H and O–H groups in total. The average molecular weight is 606 g/mol. The number of aryl methyl sites for hydroxylation is 1. The van der Waals surface area contributed by atoms with Crippen LogP contribution in [0.5, 0.6) is 0 Å². The van der Waals surface area contributed by atoms with Crippen LogP contribution in [0.15, 0.2) is 30.6 Å². The zero-order chi connectivity index (χ0) is 28.5. The van der Waals surface area contributed by atoms with Crippen LogP contribution in [-0.4, -0.2) is 57.2 Å². The Labute approximate surface area is 235 Å². The van der Waals surface area contributed by atoms with Crippen molar-refractivity contribution in [3.63, 3.8) is 0 Å². The number of hydroxylamine groups is 2. The largest absolute Gasteiger partial charge is 0.492 e. The van der Waals surface area contributed by atoms with E-state index in [1.165, 1.54) is 18.3 Å². The van der Waals surface area contributed by atoms with Gasteiger partial charge in [0.15, 0.2) is 0 Å². The molecular formula is C24H24Cl2F3N5O4S. The maximum atomic E-state index is 13.0. The molecule has 0 bridgehead atoms. The summed E-state index contributed by atoms with van der Waals surface area (Å²) in [6.07, 6.45) is -1.30. The molecule has 4 heterocycles. The molecule has 0 aliphatic carbocycles. The fraction of sp³-hybridized carbons (Fsp3) is 0.417. The third-order valence-corrected chi connectivity index (χ3v) is 8.13. The Hall–Kier alpha value is -2.87. The molecule has 1 fully saturated rings. The molecule has 1 aliphatic rings. The van der Waals surface area contributed by atoms with E-state index in [0.29, 0.717) is 15.8 Å². The first kappa shape index (κ1) is 29.1. The molecule has 1 saturated heterocycles. The van der Waals surface area contributed by atoms with E-state index in [0.717, 1.165) is 26.5 Å². The molecule has 9 nitrogen and oxygen atoms in total. The normalized spacial score (nSPS) is 18.7. The monoisotopic (exact) mass is 605 g/mol. The van der Waals surface area contributed by atoms with Crippen LogP contribution in [0.2, 0.25) is 9.36 Å². The van der Waals surface area contributed by atoms with E-state index < -0.39 is 36.0 Å². The third kappa shape index (κ3) is 7.02. The van der Waals surface area contributed by atoms with Crippen molar-refractivity contribution < 1.29 is 32.4 Å². The van der Waals surface area contributed by atoms with Crippen molar-refractivity contribution in [1.82, 2.24) is 25.2 Å². The zero-order valence-corrected chi connectivity index (χ0v) is 23.0. The Balaban J connectivity index is 1.38. The van der Waals surface area contributed by atoms with Gasteiger partial charge in [0.25, 0.3) is 0 Å².